The average molecular weight is 531 g/mol. The van der Waals surface area contributed by atoms with Crippen LogP contribution in [0.3, 0.4) is 0 Å². The molecule has 10 heteroatoms. The van der Waals surface area contributed by atoms with E-state index in [2.05, 4.69) is 17.6 Å². The summed E-state index contributed by atoms with van der Waals surface area (Å²) in [5.74, 6) is -0.170. The summed E-state index contributed by atoms with van der Waals surface area (Å²) in [7, 11) is 0. The normalized spacial score (nSPS) is 37.7. The van der Waals surface area contributed by atoms with Crippen molar-refractivity contribution in [2.24, 2.45) is 34.5 Å². The summed E-state index contributed by atoms with van der Waals surface area (Å²) < 4.78 is 80.4. The van der Waals surface area contributed by atoms with Crippen LogP contribution < -0.4 is 10.6 Å². The van der Waals surface area contributed by atoms with Crippen molar-refractivity contribution in [3.8, 4) is 0 Å². The Kier molecular flexibility index (Phi) is 6.15. The van der Waals surface area contributed by atoms with Gasteiger partial charge in [-0.15, -0.1) is 0 Å². The third-order valence-electron chi connectivity index (χ3n) is 10.3. The van der Waals surface area contributed by atoms with E-state index in [4.69, 9.17) is 0 Å². The first kappa shape index (κ1) is 26.4. The molecule has 7 atom stereocenters. The molecule has 1 aromatic carbocycles. The van der Waals surface area contributed by atoms with Crippen LogP contribution in [0.1, 0.15) is 76.3 Å². The molecule has 204 valence electrons. The molecule has 0 bridgehead atoms. The Morgan fingerprint density at radius 2 is 1.62 bits per heavy atom. The van der Waals surface area contributed by atoms with Gasteiger partial charge in [0.05, 0.1) is 16.8 Å². The lowest BCUT2D eigenvalue weighted by Crippen LogP contribution is -2.61. The third kappa shape index (κ3) is 4.32. The number of fused-ring (bicyclic) bond motifs is 5. The molecule has 0 radical (unpaired) electrons. The number of hydrogen-bond donors (Lipinski definition) is 2. The number of piperidine rings is 1. The zero-order valence-electron chi connectivity index (χ0n) is 20.9. The van der Waals surface area contributed by atoms with E-state index in [-0.39, 0.29) is 23.3 Å². The number of nitrogens with one attached hydrogen (secondary N) is 2. The van der Waals surface area contributed by atoms with Gasteiger partial charge in [0.25, 0.3) is 0 Å². The first-order valence-electron chi connectivity index (χ1n) is 13.0. The Hall–Kier alpha value is -2.26. The van der Waals surface area contributed by atoms with Crippen molar-refractivity contribution in [1.82, 2.24) is 5.32 Å². The van der Waals surface area contributed by atoms with E-state index in [0.717, 1.165) is 38.5 Å². The second-order valence-electron chi connectivity index (χ2n) is 12.0. The van der Waals surface area contributed by atoms with Gasteiger partial charge in [0.2, 0.25) is 11.8 Å². The zero-order valence-corrected chi connectivity index (χ0v) is 20.9. The molecule has 3 aliphatic carbocycles. The van der Waals surface area contributed by atoms with Gasteiger partial charge in [-0.3, -0.25) is 9.59 Å². The number of rotatable bonds is 2. The summed E-state index contributed by atoms with van der Waals surface area (Å²) in [6.07, 6.45) is -3.78. The van der Waals surface area contributed by atoms with E-state index >= 15 is 0 Å². The van der Waals surface area contributed by atoms with Gasteiger partial charge in [-0.1, -0.05) is 13.8 Å². The van der Waals surface area contributed by atoms with E-state index in [0.29, 0.717) is 42.9 Å². The molecule has 2 N–H and O–H groups in total. The van der Waals surface area contributed by atoms with Crippen molar-refractivity contribution >= 4 is 17.5 Å². The van der Waals surface area contributed by atoms with Crippen molar-refractivity contribution in [3.63, 3.8) is 0 Å². The highest BCUT2D eigenvalue weighted by Crippen LogP contribution is 2.65. The smallest absolute Gasteiger partial charge is 0.353 e. The molecule has 3 saturated carbocycles. The van der Waals surface area contributed by atoms with E-state index in [9.17, 15) is 35.9 Å². The summed E-state index contributed by atoms with van der Waals surface area (Å²) in [5, 5.41) is 5.43. The quantitative estimate of drug-likeness (QED) is 0.413. The van der Waals surface area contributed by atoms with Gasteiger partial charge in [0.15, 0.2) is 0 Å². The lowest BCUT2D eigenvalue weighted by molar-refractivity contribution is -0.141. The maximum Gasteiger partial charge on any atom is 0.418 e. The summed E-state index contributed by atoms with van der Waals surface area (Å²) in [4.78, 5) is 25.4. The molecule has 4 aliphatic rings. The molecule has 0 spiro atoms. The Bertz CT molecular complexity index is 1100. The molecule has 1 heterocycles. The highest BCUT2D eigenvalue weighted by Gasteiger charge is 2.61. The molecule has 37 heavy (non-hydrogen) atoms. The van der Waals surface area contributed by atoms with Crippen LogP contribution >= 0.6 is 0 Å². The van der Waals surface area contributed by atoms with Gasteiger partial charge in [-0.25, -0.2) is 0 Å². The number of halogens is 6. The molecule has 4 nitrogen and oxygen atoms in total. The predicted octanol–water partition coefficient (Wildman–Crippen LogP) is 6.80. The van der Waals surface area contributed by atoms with Crippen LogP contribution in [0.2, 0.25) is 0 Å². The molecule has 1 aliphatic heterocycles. The number of carbonyl (C=O) groups is 2. The monoisotopic (exact) mass is 530 g/mol. The minimum absolute atomic E-state index is 0.0157. The Balaban J connectivity index is 1.39. The van der Waals surface area contributed by atoms with E-state index in [1.165, 1.54) is 0 Å². The van der Waals surface area contributed by atoms with E-state index in [1.807, 2.05) is 6.92 Å². The predicted molar refractivity (Wildman–Crippen MR) is 124 cm³/mol. The molecule has 5 rings (SSSR count). The van der Waals surface area contributed by atoms with Crippen LogP contribution in [0.25, 0.3) is 0 Å². The molecule has 1 saturated heterocycles. The van der Waals surface area contributed by atoms with Gasteiger partial charge in [0.1, 0.15) is 0 Å². The first-order chi connectivity index (χ1) is 17.1. The van der Waals surface area contributed by atoms with Crippen LogP contribution in [0.15, 0.2) is 18.2 Å². The standard InChI is InChI=1S/C27H32F6N2O2/c1-24-11-9-17-15(4-8-21-25(17,2)12-10-22(36)35-21)16(24)6-7-19(24)23(37)34-20-13-14(26(28,29)30)3-5-18(20)27(31,32)33/h3,5,13,15-17,19,21H,4,6-12H2,1-2H3,(H,34,37)(H,35,36)/t15?,16?,17?,19?,21?,24-,25+/m0/s1. The van der Waals surface area contributed by atoms with Crippen LogP contribution in [-0.4, -0.2) is 17.9 Å². The number of alkyl halides is 6. The maximum atomic E-state index is 13.6. The molecule has 4 fully saturated rings. The molecule has 0 aromatic heterocycles. The molecule has 2 amide bonds. The minimum atomic E-state index is -4.91. The number of benzene rings is 1. The first-order valence-corrected chi connectivity index (χ1v) is 13.0. The molecule has 1 aromatic rings. The van der Waals surface area contributed by atoms with Gasteiger partial charge in [0, 0.05) is 18.4 Å². The largest absolute Gasteiger partial charge is 0.418 e. The van der Waals surface area contributed by atoms with Crippen molar-refractivity contribution < 1.29 is 35.9 Å². The lowest BCUT2D eigenvalue weighted by atomic mass is 9.47. The fourth-order valence-electron chi connectivity index (χ4n) is 8.42. The number of hydrogen-bond acceptors (Lipinski definition) is 2. The average Bonchev–Trinajstić information content (AvgIpc) is 3.15. The van der Waals surface area contributed by atoms with Crippen LogP contribution in [0.4, 0.5) is 32.0 Å². The highest BCUT2D eigenvalue weighted by atomic mass is 19.4. The second kappa shape index (κ2) is 8.63. The number of anilines is 1. The van der Waals surface area contributed by atoms with Crippen LogP contribution in [0, 0.1) is 34.5 Å². The summed E-state index contributed by atoms with van der Waals surface area (Å²) in [5.41, 5.74) is -3.83. The Labute approximate surface area is 211 Å². The topological polar surface area (TPSA) is 58.2 Å². The molecular formula is C27H32F6N2O2. The van der Waals surface area contributed by atoms with Crippen LogP contribution in [-0.2, 0) is 21.9 Å². The minimum Gasteiger partial charge on any atom is -0.353 e. The summed E-state index contributed by atoms with van der Waals surface area (Å²) in [6, 6.07) is 1.29. The fourth-order valence-corrected chi connectivity index (χ4v) is 8.42. The van der Waals surface area contributed by atoms with Crippen molar-refractivity contribution in [2.75, 3.05) is 5.32 Å². The van der Waals surface area contributed by atoms with Crippen molar-refractivity contribution in [2.45, 2.75) is 83.6 Å². The van der Waals surface area contributed by atoms with Gasteiger partial charge in [-0.05, 0) is 91.7 Å². The fraction of sp³-hybridized carbons (Fsp3) is 0.704. The van der Waals surface area contributed by atoms with Gasteiger partial charge < -0.3 is 10.6 Å². The van der Waals surface area contributed by atoms with Crippen LogP contribution in [0.5, 0.6) is 0 Å². The highest BCUT2D eigenvalue weighted by molar-refractivity contribution is 5.94. The third-order valence-corrected chi connectivity index (χ3v) is 10.3. The summed E-state index contributed by atoms with van der Waals surface area (Å²) in [6.45, 7) is 4.28. The van der Waals surface area contributed by atoms with E-state index < -0.39 is 46.4 Å². The number of amides is 2. The molecule has 5 unspecified atom stereocenters. The van der Waals surface area contributed by atoms with Gasteiger partial charge in [-0.2, -0.15) is 26.3 Å². The number of carbonyl (C=O) groups excluding carboxylic acids is 2. The zero-order chi connectivity index (χ0) is 27.0. The van der Waals surface area contributed by atoms with E-state index in [1.54, 1.807) is 0 Å². The Morgan fingerprint density at radius 3 is 2.30 bits per heavy atom. The molecular weight excluding hydrogens is 498 g/mol. The second-order valence-corrected chi connectivity index (χ2v) is 12.0. The van der Waals surface area contributed by atoms with Crippen molar-refractivity contribution in [1.29, 1.82) is 0 Å². The SMILES string of the molecule is C[C@]12CCC(=O)NC1CCC1C2CC[C@]2(C)C(C(=O)Nc3cc(C(F)(F)F)ccc3C(F)(F)F)CCC12. The Morgan fingerprint density at radius 1 is 0.919 bits per heavy atom. The summed E-state index contributed by atoms with van der Waals surface area (Å²) >= 11 is 0. The van der Waals surface area contributed by atoms with Gasteiger partial charge >= 0.3 is 12.4 Å². The van der Waals surface area contributed by atoms with Crippen molar-refractivity contribution in [3.05, 3.63) is 29.3 Å². The maximum absolute atomic E-state index is 13.6. The lowest BCUT2D eigenvalue weighted by Gasteiger charge is -2.60.